The summed E-state index contributed by atoms with van der Waals surface area (Å²) in [7, 11) is 0. The predicted octanol–water partition coefficient (Wildman–Crippen LogP) is 8.14. The second kappa shape index (κ2) is 12.9. The van der Waals surface area contributed by atoms with Crippen LogP contribution in [0.2, 0.25) is 0 Å². The number of hydrogen-bond acceptors (Lipinski definition) is 2. The van der Waals surface area contributed by atoms with Gasteiger partial charge in [-0.25, -0.2) is 0 Å². The highest BCUT2D eigenvalue weighted by Gasteiger charge is 2.39. The van der Waals surface area contributed by atoms with E-state index in [9.17, 15) is 9.59 Å². The molecule has 162 valence electrons. The zero-order valence-corrected chi connectivity index (χ0v) is 21.1. The van der Waals surface area contributed by atoms with E-state index in [1.165, 1.54) is 69.1 Å². The van der Waals surface area contributed by atoms with Crippen molar-refractivity contribution in [3.8, 4) is 0 Å². The van der Waals surface area contributed by atoms with Crippen molar-refractivity contribution in [2.24, 2.45) is 5.92 Å². The minimum absolute atomic E-state index is 0.153. The van der Waals surface area contributed by atoms with Crippen LogP contribution in [-0.4, -0.2) is 23.3 Å². The Morgan fingerprint density at radius 1 is 0.724 bits per heavy atom. The van der Waals surface area contributed by atoms with E-state index in [1.54, 1.807) is 0 Å². The standard InChI is InChI=1S/C24H35Br2NO2/c1-3-5-7-9-10-12-14-18(13-11-8-6-4-2)17-27-23(28)21-19(25)15-16-20(26)22(21)24(27)29/h15-16,18H,3-14,17H2,1-2H3. The Morgan fingerprint density at radius 3 is 1.62 bits per heavy atom. The smallest absolute Gasteiger partial charge is 0.262 e. The summed E-state index contributed by atoms with van der Waals surface area (Å²) in [5.74, 6) is 0.0946. The third kappa shape index (κ3) is 6.92. The third-order valence-electron chi connectivity index (χ3n) is 5.89. The largest absolute Gasteiger partial charge is 0.274 e. The lowest BCUT2D eigenvalue weighted by Crippen LogP contribution is -2.34. The number of benzene rings is 1. The van der Waals surface area contributed by atoms with Crippen molar-refractivity contribution in [1.29, 1.82) is 0 Å². The maximum atomic E-state index is 13.0. The van der Waals surface area contributed by atoms with E-state index >= 15 is 0 Å². The molecule has 0 saturated heterocycles. The van der Waals surface area contributed by atoms with Crippen LogP contribution in [-0.2, 0) is 0 Å². The summed E-state index contributed by atoms with van der Waals surface area (Å²) < 4.78 is 1.40. The first-order chi connectivity index (χ1) is 14.0. The zero-order valence-electron chi connectivity index (χ0n) is 17.9. The van der Waals surface area contributed by atoms with Gasteiger partial charge in [-0.2, -0.15) is 0 Å². The Hall–Kier alpha value is -0.680. The van der Waals surface area contributed by atoms with E-state index in [4.69, 9.17) is 0 Å². The van der Waals surface area contributed by atoms with E-state index in [-0.39, 0.29) is 11.8 Å². The number of carbonyl (C=O) groups excluding carboxylic acids is 2. The monoisotopic (exact) mass is 527 g/mol. The van der Waals surface area contributed by atoms with Crippen molar-refractivity contribution < 1.29 is 9.59 Å². The van der Waals surface area contributed by atoms with Gasteiger partial charge in [0.1, 0.15) is 0 Å². The lowest BCUT2D eigenvalue weighted by molar-refractivity contribution is 0.0621. The number of carbonyl (C=O) groups is 2. The van der Waals surface area contributed by atoms with Crippen LogP contribution in [0.5, 0.6) is 0 Å². The Bertz CT molecular complexity index is 649. The molecule has 1 unspecified atom stereocenters. The molecule has 1 atom stereocenters. The molecule has 0 bridgehead atoms. The van der Waals surface area contributed by atoms with Crippen LogP contribution in [0.1, 0.15) is 112 Å². The van der Waals surface area contributed by atoms with Crippen LogP contribution < -0.4 is 0 Å². The Morgan fingerprint density at radius 2 is 1.14 bits per heavy atom. The SMILES string of the molecule is CCCCCCCCC(CCCCCC)CN1C(=O)c2c(Br)ccc(Br)c2C1=O. The summed E-state index contributed by atoms with van der Waals surface area (Å²) in [5.41, 5.74) is 1.02. The number of halogens is 2. The zero-order chi connectivity index (χ0) is 21.2. The minimum atomic E-state index is -0.153. The van der Waals surface area contributed by atoms with Crippen molar-refractivity contribution in [3.05, 3.63) is 32.2 Å². The van der Waals surface area contributed by atoms with Crippen molar-refractivity contribution in [2.75, 3.05) is 6.54 Å². The van der Waals surface area contributed by atoms with Gasteiger partial charge < -0.3 is 0 Å². The molecular formula is C24H35Br2NO2. The van der Waals surface area contributed by atoms with Gasteiger partial charge in [-0.15, -0.1) is 0 Å². The second-order valence-electron chi connectivity index (χ2n) is 8.27. The van der Waals surface area contributed by atoms with E-state index in [1.807, 2.05) is 12.1 Å². The van der Waals surface area contributed by atoms with Gasteiger partial charge >= 0.3 is 0 Å². The average Bonchev–Trinajstić information content (AvgIpc) is 2.96. The van der Waals surface area contributed by atoms with E-state index in [0.29, 0.717) is 32.5 Å². The number of unbranched alkanes of at least 4 members (excludes halogenated alkanes) is 8. The lowest BCUT2D eigenvalue weighted by Gasteiger charge is -2.23. The summed E-state index contributed by atoms with van der Waals surface area (Å²) in [6.07, 6.45) is 14.8. The van der Waals surface area contributed by atoms with Gasteiger partial charge in [0, 0.05) is 15.5 Å². The summed E-state index contributed by atoms with van der Waals surface area (Å²) in [6, 6.07) is 3.66. The molecule has 0 aliphatic carbocycles. The number of fused-ring (bicyclic) bond motifs is 1. The Kier molecular flexibility index (Phi) is 10.9. The first-order valence-electron chi connectivity index (χ1n) is 11.3. The van der Waals surface area contributed by atoms with Gasteiger partial charge in [-0.1, -0.05) is 78.1 Å². The van der Waals surface area contributed by atoms with Crippen molar-refractivity contribution in [2.45, 2.75) is 90.9 Å². The molecule has 0 radical (unpaired) electrons. The fourth-order valence-electron chi connectivity index (χ4n) is 4.16. The summed E-state index contributed by atoms with van der Waals surface area (Å²) in [6.45, 7) is 5.01. The number of rotatable bonds is 14. The molecule has 1 aliphatic rings. The molecule has 0 saturated carbocycles. The van der Waals surface area contributed by atoms with Crippen LogP contribution >= 0.6 is 31.9 Å². The van der Waals surface area contributed by atoms with E-state index in [2.05, 4.69) is 45.7 Å². The third-order valence-corrected chi connectivity index (χ3v) is 7.22. The first-order valence-corrected chi connectivity index (χ1v) is 12.9. The van der Waals surface area contributed by atoms with Crippen LogP contribution in [0.15, 0.2) is 21.1 Å². The lowest BCUT2D eigenvalue weighted by atomic mass is 9.93. The fourth-order valence-corrected chi connectivity index (χ4v) is 5.16. The highest BCUT2D eigenvalue weighted by molar-refractivity contribution is 9.11. The van der Waals surface area contributed by atoms with Crippen LogP contribution in [0.25, 0.3) is 0 Å². The first kappa shape index (κ1) is 24.6. The highest BCUT2D eigenvalue weighted by atomic mass is 79.9. The molecule has 0 spiro atoms. The quantitative estimate of drug-likeness (QED) is 0.180. The molecule has 2 rings (SSSR count). The minimum Gasteiger partial charge on any atom is -0.274 e. The molecule has 1 aliphatic heterocycles. The Balaban J connectivity index is 1.99. The maximum Gasteiger partial charge on any atom is 0.262 e. The number of amides is 2. The molecule has 1 aromatic rings. The van der Waals surface area contributed by atoms with Gasteiger partial charge in [-0.05, 0) is 62.8 Å². The van der Waals surface area contributed by atoms with Crippen molar-refractivity contribution in [1.82, 2.24) is 4.90 Å². The summed E-state index contributed by atoms with van der Waals surface area (Å²) >= 11 is 6.91. The van der Waals surface area contributed by atoms with Crippen molar-refractivity contribution >= 4 is 43.7 Å². The number of imide groups is 1. The molecule has 0 aromatic heterocycles. The topological polar surface area (TPSA) is 37.4 Å². The normalized spacial score (nSPS) is 14.6. The van der Waals surface area contributed by atoms with Crippen LogP contribution in [0.4, 0.5) is 0 Å². The molecule has 1 aromatic carbocycles. The van der Waals surface area contributed by atoms with Crippen molar-refractivity contribution in [3.63, 3.8) is 0 Å². The van der Waals surface area contributed by atoms with Crippen LogP contribution in [0, 0.1) is 5.92 Å². The Labute approximate surface area is 193 Å². The molecule has 3 nitrogen and oxygen atoms in total. The van der Waals surface area contributed by atoms with Gasteiger partial charge in [0.05, 0.1) is 11.1 Å². The van der Waals surface area contributed by atoms with E-state index in [0.717, 1.165) is 12.8 Å². The molecule has 1 heterocycles. The molecule has 2 amide bonds. The predicted molar refractivity (Wildman–Crippen MR) is 127 cm³/mol. The van der Waals surface area contributed by atoms with Gasteiger partial charge in [0.2, 0.25) is 0 Å². The highest BCUT2D eigenvalue weighted by Crippen LogP contribution is 2.35. The molecule has 29 heavy (non-hydrogen) atoms. The maximum absolute atomic E-state index is 13.0. The van der Waals surface area contributed by atoms with Gasteiger partial charge in [-0.3, -0.25) is 14.5 Å². The molecule has 0 N–H and O–H groups in total. The van der Waals surface area contributed by atoms with Gasteiger partial charge in [0.15, 0.2) is 0 Å². The summed E-state index contributed by atoms with van der Waals surface area (Å²) in [5, 5.41) is 0. The van der Waals surface area contributed by atoms with Gasteiger partial charge in [0.25, 0.3) is 11.8 Å². The molecule has 5 heteroatoms. The average molecular weight is 529 g/mol. The fraction of sp³-hybridized carbons (Fsp3) is 0.667. The molecular weight excluding hydrogens is 494 g/mol. The second-order valence-corrected chi connectivity index (χ2v) is 9.98. The number of hydrogen-bond donors (Lipinski definition) is 0. The molecule has 0 fully saturated rings. The number of nitrogens with zero attached hydrogens (tertiary/aromatic N) is 1. The van der Waals surface area contributed by atoms with Crippen LogP contribution in [0.3, 0.4) is 0 Å². The summed E-state index contributed by atoms with van der Waals surface area (Å²) in [4.78, 5) is 27.5. The van der Waals surface area contributed by atoms with E-state index < -0.39 is 0 Å².